The van der Waals surface area contributed by atoms with Gasteiger partial charge < -0.3 is 20.2 Å². The first-order valence-electron chi connectivity index (χ1n) is 8.73. The summed E-state index contributed by atoms with van der Waals surface area (Å²) in [5.74, 6) is -1.41. The van der Waals surface area contributed by atoms with Gasteiger partial charge in [0.05, 0.1) is 6.21 Å². The minimum Gasteiger partial charge on any atom is -0.463 e. The molecule has 0 radical (unpaired) electrons. The summed E-state index contributed by atoms with van der Waals surface area (Å²) in [6, 6.07) is -0.921. The molecule has 0 aromatic rings. The molecule has 1 amide bonds. The maximum absolute atomic E-state index is 12.3. The summed E-state index contributed by atoms with van der Waals surface area (Å²) in [6.45, 7) is 4.51. The van der Waals surface area contributed by atoms with Crippen LogP contribution in [0.2, 0.25) is 0 Å². The molecule has 25 heavy (non-hydrogen) atoms. The first-order chi connectivity index (χ1) is 12.0. The molecule has 0 aliphatic carbocycles. The van der Waals surface area contributed by atoms with Gasteiger partial charge >= 0.3 is 5.97 Å². The Hall–Kier alpha value is -1.80. The van der Waals surface area contributed by atoms with Crippen LogP contribution in [-0.2, 0) is 23.9 Å². The molecule has 8 nitrogen and oxygen atoms in total. The van der Waals surface area contributed by atoms with Crippen molar-refractivity contribution in [2.45, 2.75) is 51.2 Å². The van der Waals surface area contributed by atoms with Gasteiger partial charge in [0.1, 0.15) is 18.8 Å². The predicted octanol–water partition coefficient (Wildman–Crippen LogP) is 0.534. The van der Waals surface area contributed by atoms with Crippen molar-refractivity contribution < 1.29 is 23.9 Å². The number of nitrogens with zero attached hydrogens (tertiary/aromatic N) is 1. The van der Waals surface area contributed by atoms with Crippen LogP contribution in [0.15, 0.2) is 0 Å². The van der Waals surface area contributed by atoms with Crippen LogP contribution in [-0.4, -0.2) is 74.3 Å². The number of esters is 1. The number of Topliss-reactive ketones (excluding diaryl/α,β-unsaturated/α-hetero) is 1. The number of methoxy groups -OCH3 is 1. The van der Waals surface area contributed by atoms with Crippen molar-refractivity contribution in [2.75, 3.05) is 33.4 Å². The first-order valence-corrected chi connectivity index (χ1v) is 8.73. The molecule has 1 saturated heterocycles. The lowest BCUT2D eigenvalue weighted by Gasteiger charge is -2.26. The molecule has 2 N–H and O–H groups in total. The highest BCUT2D eigenvalue weighted by Gasteiger charge is 2.25. The average molecular weight is 355 g/mol. The summed E-state index contributed by atoms with van der Waals surface area (Å²) >= 11 is 0. The van der Waals surface area contributed by atoms with E-state index in [0.29, 0.717) is 12.8 Å². The van der Waals surface area contributed by atoms with E-state index in [1.165, 1.54) is 13.5 Å². The molecular formula is C17H29N3O5. The smallest absolute Gasteiger partial charge is 0.328 e. The molecule has 1 aliphatic rings. The number of ketones is 1. The highest BCUT2D eigenvalue weighted by molar-refractivity contribution is 6.26. The van der Waals surface area contributed by atoms with E-state index in [4.69, 9.17) is 14.9 Å². The molecule has 1 aliphatic heterocycles. The third-order valence-electron chi connectivity index (χ3n) is 4.26. The van der Waals surface area contributed by atoms with Crippen LogP contribution in [0.1, 0.15) is 39.0 Å². The monoisotopic (exact) mass is 355 g/mol. The Kier molecular flexibility index (Phi) is 9.94. The minimum absolute atomic E-state index is 0.00294. The molecule has 0 aromatic heterocycles. The van der Waals surface area contributed by atoms with Crippen molar-refractivity contribution in [1.82, 2.24) is 10.2 Å². The summed E-state index contributed by atoms with van der Waals surface area (Å²) in [6.07, 6.45) is 3.65. The van der Waals surface area contributed by atoms with Gasteiger partial charge in [0, 0.05) is 20.1 Å². The van der Waals surface area contributed by atoms with Crippen LogP contribution < -0.4 is 5.32 Å². The third kappa shape index (κ3) is 8.22. The van der Waals surface area contributed by atoms with Gasteiger partial charge in [-0.2, -0.15) is 0 Å². The number of amides is 1. The first kappa shape index (κ1) is 21.2. The Labute approximate surface area is 148 Å². The zero-order chi connectivity index (χ0) is 18.7. The zero-order valence-corrected chi connectivity index (χ0v) is 15.1. The SMILES string of the molecule is CO[C@H](C)C(=O)N[C@@H](CCC(=O)C=N)C(=O)OCCN1CCCCC1. The number of nitrogens with one attached hydrogen (secondary N) is 2. The van der Waals surface area contributed by atoms with E-state index in [-0.39, 0.29) is 19.4 Å². The van der Waals surface area contributed by atoms with Crippen molar-refractivity contribution in [3.63, 3.8) is 0 Å². The molecule has 0 bridgehead atoms. The minimum atomic E-state index is -0.921. The van der Waals surface area contributed by atoms with Crippen LogP contribution in [0, 0.1) is 5.41 Å². The predicted molar refractivity (Wildman–Crippen MR) is 92.7 cm³/mol. The van der Waals surface area contributed by atoms with E-state index in [1.807, 2.05) is 0 Å². The zero-order valence-electron chi connectivity index (χ0n) is 15.1. The molecule has 142 valence electrons. The van der Waals surface area contributed by atoms with Crippen molar-refractivity contribution in [2.24, 2.45) is 0 Å². The van der Waals surface area contributed by atoms with Gasteiger partial charge in [-0.25, -0.2) is 4.79 Å². The average Bonchev–Trinajstić information content (AvgIpc) is 2.64. The van der Waals surface area contributed by atoms with Gasteiger partial charge in [-0.1, -0.05) is 6.42 Å². The van der Waals surface area contributed by atoms with Crippen LogP contribution in [0.25, 0.3) is 0 Å². The van der Waals surface area contributed by atoms with Crippen molar-refractivity contribution in [3.05, 3.63) is 0 Å². The Morgan fingerprint density at radius 2 is 1.92 bits per heavy atom. The van der Waals surface area contributed by atoms with Crippen molar-refractivity contribution >= 4 is 23.9 Å². The Bertz CT molecular complexity index is 463. The molecule has 0 aromatic carbocycles. The van der Waals surface area contributed by atoms with E-state index in [2.05, 4.69) is 10.2 Å². The second kappa shape index (κ2) is 11.7. The summed E-state index contributed by atoms with van der Waals surface area (Å²) in [5, 5.41) is 9.48. The maximum atomic E-state index is 12.3. The van der Waals surface area contributed by atoms with Gasteiger partial charge in [-0.3, -0.25) is 14.5 Å². The summed E-state index contributed by atoms with van der Waals surface area (Å²) in [4.78, 5) is 37.8. The van der Waals surface area contributed by atoms with Crippen LogP contribution in [0.3, 0.4) is 0 Å². The molecule has 0 saturated carbocycles. The van der Waals surface area contributed by atoms with E-state index in [9.17, 15) is 14.4 Å². The van der Waals surface area contributed by atoms with Crippen LogP contribution in [0.4, 0.5) is 0 Å². The number of hydrogen-bond donors (Lipinski definition) is 2. The highest BCUT2D eigenvalue weighted by Crippen LogP contribution is 2.08. The van der Waals surface area contributed by atoms with Crippen molar-refractivity contribution in [1.29, 1.82) is 5.41 Å². The number of hydrogen-bond acceptors (Lipinski definition) is 7. The standard InChI is InChI=1S/C17H29N3O5/c1-13(24-2)16(22)19-15(7-6-14(21)12-18)17(23)25-11-10-20-8-4-3-5-9-20/h12-13,15,18H,3-11H2,1-2H3,(H,19,22)/t13-,15+/m1/s1. The summed E-state index contributed by atoms with van der Waals surface area (Å²) < 4.78 is 10.2. The largest absolute Gasteiger partial charge is 0.463 e. The third-order valence-corrected chi connectivity index (χ3v) is 4.26. The molecular weight excluding hydrogens is 326 g/mol. The van der Waals surface area contributed by atoms with Gasteiger partial charge in [0.2, 0.25) is 5.91 Å². The molecule has 1 heterocycles. The van der Waals surface area contributed by atoms with E-state index in [0.717, 1.165) is 25.9 Å². The Morgan fingerprint density at radius 3 is 2.52 bits per heavy atom. The lowest BCUT2D eigenvalue weighted by molar-refractivity contribution is -0.149. The lowest BCUT2D eigenvalue weighted by Crippen LogP contribution is -2.46. The molecule has 8 heteroatoms. The Morgan fingerprint density at radius 1 is 1.24 bits per heavy atom. The topological polar surface area (TPSA) is 109 Å². The number of carbonyl (C=O) groups excluding carboxylic acids is 3. The maximum Gasteiger partial charge on any atom is 0.328 e. The molecule has 2 atom stereocenters. The highest BCUT2D eigenvalue weighted by atomic mass is 16.5. The molecule has 0 unspecified atom stereocenters. The van der Waals surface area contributed by atoms with Crippen LogP contribution in [0.5, 0.6) is 0 Å². The number of piperidine rings is 1. The van der Waals surface area contributed by atoms with Gasteiger partial charge in [-0.15, -0.1) is 0 Å². The second-order valence-corrected chi connectivity index (χ2v) is 6.16. The summed E-state index contributed by atoms with van der Waals surface area (Å²) in [5.41, 5.74) is 0. The number of likely N-dealkylation sites (tertiary alicyclic amines) is 1. The fraction of sp³-hybridized carbons (Fsp3) is 0.765. The van der Waals surface area contributed by atoms with Crippen LogP contribution >= 0.6 is 0 Å². The van der Waals surface area contributed by atoms with Gasteiger partial charge in [0.25, 0.3) is 0 Å². The number of ether oxygens (including phenoxy) is 2. The normalized spacial score (nSPS) is 17.4. The quantitative estimate of drug-likeness (QED) is 0.413. The molecule has 1 rings (SSSR count). The van der Waals surface area contributed by atoms with Crippen molar-refractivity contribution in [3.8, 4) is 0 Å². The van der Waals surface area contributed by atoms with E-state index >= 15 is 0 Å². The number of carbonyl (C=O) groups is 3. The number of rotatable bonds is 11. The lowest BCUT2D eigenvalue weighted by atomic mass is 10.1. The van der Waals surface area contributed by atoms with E-state index in [1.54, 1.807) is 6.92 Å². The van der Waals surface area contributed by atoms with Gasteiger partial charge in [-0.05, 0) is 39.3 Å². The fourth-order valence-electron chi connectivity index (χ4n) is 2.56. The fourth-order valence-corrected chi connectivity index (χ4v) is 2.56. The summed E-state index contributed by atoms with van der Waals surface area (Å²) in [7, 11) is 1.40. The molecule has 0 spiro atoms. The van der Waals surface area contributed by atoms with E-state index < -0.39 is 29.8 Å². The second-order valence-electron chi connectivity index (χ2n) is 6.16. The van der Waals surface area contributed by atoms with Gasteiger partial charge in [0.15, 0.2) is 5.78 Å². The molecule has 1 fully saturated rings. The Balaban J connectivity index is 2.49.